The van der Waals surface area contributed by atoms with Gasteiger partial charge in [0.2, 0.25) is 0 Å². The number of carbonyl (C=O) groups is 2. The summed E-state index contributed by atoms with van der Waals surface area (Å²) in [5, 5.41) is 8.63. The molecule has 1 aromatic rings. The lowest BCUT2D eigenvalue weighted by molar-refractivity contribution is 0.0186. The fraction of sp³-hybridized carbons (Fsp3) is 0.679. The Kier molecular flexibility index (Phi) is 11.2. The molecule has 39 heavy (non-hydrogen) atoms. The molecular formula is C28H43N3O7S. The van der Waals surface area contributed by atoms with Crippen LogP contribution >= 0.6 is 0 Å². The third kappa shape index (κ3) is 10.7. The number of benzene rings is 1. The molecule has 0 spiro atoms. The third-order valence-electron chi connectivity index (χ3n) is 6.06. The monoisotopic (exact) mass is 565 g/mol. The zero-order valence-corrected chi connectivity index (χ0v) is 25.0. The van der Waals surface area contributed by atoms with Crippen LogP contribution in [0, 0.1) is 18.3 Å². The van der Waals surface area contributed by atoms with E-state index in [9.17, 15) is 18.0 Å². The van der Waals surface area contributed by atoms with Crippen molar-refractivity contribution < 1.29 is 31.7 Å². The van der Waals surface area contributed by atoms with Gasteiger partial charge in [0.05, 0.1) is 30.0 Å². The Balaban J connectivity index is 0.000000306. The maximum absolute atomic E-state index is 12.2. The van der Waals surface area contributed by atoms with Crippen LogP contribution in [0.2, 0.25) is 0 Å². The molecule has 0 aromatic heterocycles. The average molecular weight is 566 g/mol. The van der Waals surface area contributed by atoms with Crippen molar-refractivity contribution in [2.24, 2.45) is 0 Å². The van der Waals surface area contributed by atoms with Crippen molar-refractivity contribution in [2.45, 2.75) is 109 Å². The van der Waals surface area contributed by atoms with Gasteiger partial charge in [0.15, 0.2) is 0 Å². The minimum atomic E-state index is -3.83. The minimum Gasteiger partial charge on any atom is -0.444 e. The van der Waals surface area contributed by atoms with Crippen molar-refractivity contribution >= 4 is 22.3 Å². The van der Waals surface area contributed by atoms with Gasteiger partial charge in [0.25, 0.3) is 10.1 Å². The maximum Gasteiger partial charge on any atom is 0.410 e. The average Bonchev–Trinajstić information content (AvgIpc) is 3.46. The highest BCUT2D eigenvalue weighted by atomic mass is 32.2. The van der Waals surface area contributed by atoms with Gasteiger partial charge in [-0.25, -0.2) is 9.59 Å². The standard InChI is InChI=1S/C17H25NO5S.C11H18N2O2/c1-13-7-9-15(10-8-13)24(20,21)22-12-14-6-5-11-18(14)16(19)23-17(2,3)4;1-11(2,3)15-10(14)13-8-4-5-9(13)6-7-12/h7-10,14H,5-6,11-12H2,1-4H3;9H,4-6,8H2,1-3H3/t14-;9-/m11/s1. The number of carbonyl (C=O) groups excluding carboxylic acids is 2. The first-order valence-corrected chi connectivity index (χ1v) is 14.8. The van der Waals surface area contributed by atoms with Gasteiger partial charge in [0, 0.05) is 19.1 Å². The Morgan fingerprint density at radius 2 is 1.36 bits per heavy atom. The van der Waals surface area contributed by atoms with E-state index in [0.29, 0.717) is 25.9 Å². The van der Waals surface area contributed by atoms with Crippen molar-refractivity contribution in [3.05, 3.63) is 29.8 Å². The van der Waals surface area contributed by atoms with Crippen molar-refractivity contribution in [2.75, 3.05) is 19.7 Å². The molecule has 218 valence electrons. The lowest BCUT2D eigenvalue weighted by Gasteiger charge is -2.28. The van der Waals surface area contributed by atoms with E-state index in [2.05, 4.69) is 6.07 Å². The Hall–Kier alpha value is -2.84. The van der Waals surface area contributed by atoms with Crippen molar-refractivity contribution in [3.8, 4) is 6.07 Å². The van der Waals surface area contributed by atoms with Crippen LogP contribution in [0.3, 0.4) is 0 Å². The number of likely N-dealkylation sites (tertiary alicyclic amines) is 2. The minimum absolute atomic E-state index is 0.0462. The summed E-state index contributed by atoms with van der Waals surface area (Å²) in [7, 11) is -3.83. The number of amides is 2. The highest BCUT2D eigenvalue weighted by molar-refractivity contribution is 7.86. The Morgan fingerprint density at radius 1 is 0.897 bits per heavy atom. The van der Waals surface area contributed by atoms with Crippen LogP contribution in [-0.4, -0.2) is 73.4 Å². The summed E-state index contributed by atoms with van der Waals surface area (Å²) >= 11 is 0. The summed E-state index contributed by atoms with van der Waals surface area (Å²) in [6, 6.07) is 8.34. The molecule has 11 heteroatoms. The second-order valence-electron chi connectivity index (χ2n) is 11.9. The van der Waals surface area contributed by atoms with Crippen LogP contribution in [-0.2, 0) is 23.8 Å². The van der Waals surface area contributed by atoms with Crippen LogP contribution in [0.5, 0.6) is 0 Å². The van der Waals surface area contributed by atoms with E-state index in [1.807, 2.05) is 27.7 Å². The molecule has 1 aromatic carbocycles. The first-order valence-electron chi connectivity index (χ1n) is 13.3. The van der Waals surface area contributed by atoms with E-state index >= 15 is 0 Å². The van der Waals surface area contributed by atoms with Crippen LogP contribution in [0.1, 0.15) is 79.2 Å². The summed E-state index contributed by atoms with van der Waals surface area (Å²) < 4.78 is 40.3. The highest BCUT2D eigenvalue weighted by Gasteiger charge is 2.34. The zero-order valence-electron chi connectivity index (χ0n) is 24.2. The molecule has 2 saturated heterocycles. The molecule has 2 amide bonds. The van der Waals surface area contributed by atoms with Gasteiger partial charge in [0.1, 0.15) is 11.2 Å². The number of rotatable bonds is 5. The molecule has 0 bridgehead atoms. The van der Waals surface area contributed by atoms with Gasteiger partial charge in [-0.05, 0) is 86.3 Å². The first kappa shape index (κ1) is 32.4. The smallest absolute Gasteiger partial charge is 0.410 e. The Labute approximate surface area is 233 Å². The van der Waals surface area contributed by atoms with Crippen molar-refractivity contribution in [3.63, 3.8) is 0 Å². The molecule has 0 unspecified atom stereocenters. The number of nitrogens with zero attached hydrogens (tertiary/aromatic N) is 3. The van der Waals surface area contributed by atoms with E-state index in [4.69, 9.17) is 18.9 Å². The molecule has 2 fully saturated rings. The van der Waals surface area contributed by atoms with Gasteiger partial charge in [-0.1, -0.05) is 17.7 Å². The second-order valence-corrected chi connectivity index (χ2v) is 13.5. The lowest BCUT2D eigenvalue weighted by Crippen LogP contribution is -2.42. The molecule has 2 aliphatic heterocycles. The summed E-state index contributed by atoms with van der Waals surface area (Å²) in [6.07, 6.45) is 3.06. The number of nitriles is 1. The van der Waals surface area contributed by atoms with Crippen LogP contribution in [0.4, 0.5) is 9.59 Å². The SMILES string of the molecule is CC(C)(C)OC(=O)N1CCC[C@@H]1CC#N.Cc1ccc(S(=O)(=O)OC[C@H]2CCCN2C(=O)OC(C)(C)C)cc1. The summed E-state index contributed by atoms with van der Waals surface area (Å²) in [4.78, 5) is 27.3. The molecular weight excluding hydrogens is 522 g/mol. The van der Waals surface area contributed by atoms with E-state index < -0.39 is 27.4 Å². The van der Waals surface area contributed by atoms with Gasteiger partial charge >= 0.3 is 12.2 Å². The van der Waals surface area contributed by atoms with Gasteiger partial charge in [-0.2, -0.15) is 13.7 Å². The number of hydrogen-bond acceptors (Lipinski definition) is 8. The van der Waals surface area contributed by atoms with E-state index in [-0.39, 0.29) is 29.7 Å². The van der Waals surface area contributed by atoms with Crippen LogP contribution < -0.4 is 0 Å². The van der Waals surface area contributed by atoms with Crippen molar-refractivity contribution in [1.29, 1.82) is 5.26 Å². The zero-order chi connectivity index (χ0) is 29.4. The number of aryl methyl sites for hydroxylation is 1. The van der Waals surface area contributed by atoms with E-state index in [1.54, 1.807) is 42.7 Å². The first-order chi connectivity index (χ1) is 18.0. The molecule has 0 aliphatic carbocycles. The van der Waals surface area contributed by atoms with E-state index in [1.165, 1.54) is 12.1 Å². The summed E-state index contributed by atoms with van der Waals surface area (Å²) in [6.45, 7) is 14.0. The van der Waals surface area contributed by atoms with Gasteiger partial charge in [-0.15, -0.1) is 0 Å². The molecule has 2 aliphatic rings. The third-order valence-corrected chi connectivity index (χ3v) is 7.36. The number of ether oxygens (including phenoxy) is 2. The summed E-state index contributed by atoms with van der Waals surface area (Å²) in [5.74, 6) is 0. The Morgan fingerprint density at radius 3 is 1.82 bits per heavy atom. The van der Waals surface area contributed by atoms with Crippen LogP contribution in [0.25, 0.3) is 0 Å². The molecule has 0 radical (unpaired) electrons. The predicted octanol–water partition coefficient (Wildman–Crippen LogP) is 5.40. The fourth-order valence-electron chi connectivity index (χ4n) is 4.23. The van der Waals surface area contributed by atoms with Gasteiger partial charge < -0.3 is 19.3 Å². The normalized spacial score (nSPS) is 19.6. The molecule has 0 N–H and O–H groups in total. The highest BCUT2D eigenvalue weighted by Crippen LogP contribution is 2.24. The topological polar surface area (TPSA) is 126 Å². The van der Waals surface area contributed by atoms with Crippen molar-refractivity contribution in [1.82, 2.24) is 9.80 Å². The Bertz CT molecular complexity index is 1120. The van der Waals surface area contributed by atoms with E-state index in [0.717, 1.165) is 24.8 Å². The predicted molar refractivity (Wildman–Crippen MR) is 146 cm³/mol. The quantitative estimate of drug-likeness (QED) is 0.435. The molecule has 3 rings (SSSR count). The summed E-state index contributed by atoms with van der Waals surface area (Å²) in [5.41, 5.74) is -0.0727. The number of hydrogen-bond donors (Lipinski definition) is 0. The molecule has 10 nitrogen and oxygen atoms in total. The van der Waals surface area contributed by atoms with Crippen LogP contribution in [0.15, 0.2) is 29.2 Å². The van der Waals surface area contributed by atoms with Gasteiger partial charge in [-0.3, -0.25) is 4.18 Å². The molecule has 2 atom stereocenters. The fourth-order valence-corrected chi connectivity index (χ4v) is 5.17. The second kappa shape index (κ2) is 13.5. The maximum atomic E-state index is 12.2. The lowest BCUT2D eigenvalue weighted by atomic mass is 10.2. The molecule has 0 saturated carbocycles. The largest absolute Gasteiger partial charge is 0.444 e. The molecule has 2 heterocycles.